The van der Waals surface area contributed by atoms with Gasteiger partial charge in [0.2, 0.25) is 0 Å². The first-order valence-corrected chi connectivity index (χ1v) is 6.00. The van der Waals surface area contributed by atoms with Crippen molar-refractivity contribution in [3.05, 3.63) is 46.7 Å². The van der Waals surface area contributed by atoms with Gasteiger partial charge in [-0.15, -0.1) is 0 Å². The average Bonchev–Trinajstić information content (AvgIpc) is 2.70. The molecule has 0 fully saturated rings. The Kier molecular flexibility index (Phi) is 3.78. The third-order valence-electron chi connectivity index (χ3n) is 2.40. The zero-order chi connectivity index (χ0) is 12.3. The van der Waals surface area contributed by atoms with Crippen LogP contribution < -0.4 is 4.74 Å². The Balaban J connectivity index is 1.94. The second kappa shape index (κ2) is 5.31. The number of hydrogen-bond acceptors (Lipinski definition) is 2. The molecule has 0 saturated carbocycles. The minimum Gasteiger partial charge on any atom is -0.490 e. The van der Waals surface area contributed by atoms with E-state index in [1.807, 2.05) is 17.8 Å². The molecule has 3 nitrogen and oxygen atoms in total. The standard InChI is InChI=1S/C12H12BrFN2O/c1-16-6-5-15-12(16)4-7-17-11-8-9(13)2-3-10(11)14/h2-3,5-6,8H,4,7H2,1H3. The van der Waals surface area contributed by atoms with Crippen molar-refractivity contribution in [1.29, 1.82) is 0 Å². The largest absolute Gasteiger partial charge is 0.490 e. The van der Waals surface area contributed by atoms with E-state index in [4.69, 9.17) is 4.74 Å². The van der Waals surface area contributed by atoms with E-state index < -0.39 is 0 Å². The van der Waals surface area contributed by atoms with Crippen LogP contribution in [0.4, 0.5) is 4.39 Å². The molecule has 1 aromatic carbocycles. The molecule has 0 spiro atoms. The fraction of sp³-hybridized carbons (Fsp3) is 0.250. The van der Waals surface area contributed by atoms with E-state index in [9.17, 15) is 4.39 Å². The van der Waals surface area contributed by atoms with Gasteiger partial charge in [0.25, 0.3) is 0 Å². The van der Waals surface area contributed by atoms with Gasteiger partial charge in [-0.05, 0) is 18.2 Å². The van der Waals surface area contributed by atoms with Crippen molar-refractivity contribution in [1.82, 2.24) is 9.55 Å². The number of aromatic nitrogens is 2. The van der Waals surface area contributed by atoms with Crippen LogP contribution in [0.1, 0.15) is 5.82 Å². The molecule has 0 N–H and O–H groups in total. The minimum absolute atomic E-state index is 0.258. The zero-order valence-corrected chi connectivity index (χ0v) is 10.9. The van der Waals surface area contributed by atoms with Crippen molar-refractivity contribution in [2.45, 2.75) is 6.42 Å². The number of hydrogen-bond donors (Lipinski definition) is 0. The number of imidazole rings is 1. The molecule has 0 aliphatic heterocycles. The number of ether oxygens (including phenoxy) is 1. The molecule has 0 atom stereocenters. The first-order chi connectivity index (χ1) is 8.16. The second-order valence-corrected chi connectivity index (χ2v) is 4.54. The molecule has 2 rings (SSSR count). The molecule has 2 aromatic rings. The highest BCUT2D eigenvalue weighted by atomic mass is 79.9. The Morgan fingerprint density at radius 2 is 2.29 bits per heavy atom. The molecule has 1 aromatic heterocycles. The zero-order valence-electron chi connectivity index (χ0n) is 9.36. The molecule has 1 heterocycles. The van der Waals surface area contributed by atoms with E-state index in [-0.39, 0.29) is 11.6 Å². The molecule has 0 aliphatic carbocycles. The van der Waals surface area contributed by atoms with E-state index in [2.05, 4.69) is 20.9 Å². The van der Waals surface area contributed by atoms with Crippen molar-refractivity contribution >= 4 is 15.9 Å². The van der Waals surface area contributed by atoms with Crippen LogP contribution in [0.2, 0.25) is 0 Å². The van der Waals surface area contributed by atoms with E-state index in [1.54, 1.807) is 18.3 Å². The highest BCUT2D eigenvalue weighted by molar-refractivity contribution is 9.10. The third-order valence-corrected chi connectivity index (χ3v) is 2.89. The van der Waals surface area contributed by atoms with Gasteiger partial charge in [-0.1, -0.05) is 15.9 Å². The summed E-state index contributed by atoms with van der Waals surface area (Å²) < 4.78 is 21.5. The van der Waals surface area contributed by atoms with Crippen molar-refractivity contribution < 1.29 is 9.13 Å². The molecule has 5 heteroatoms. The van der Waals surface area contributed by atoms with Gasteiger partial charge in [-0.25, -0.2) is 9.37 Å². The summed E-state index contributed by atoms with van der Waals surface area (Å²) in [5.74, 6) is 0.821. The lowest BCUT2D eigenvalue weighted by molar-refractivity contribution is 0.301. The fourth-order valence-corrected chi connectivity index (χ4v) is 1.82. The van der Waals surface area contributed by atoms with E-state index in [0.717, 1.165) is 10.3 Å². The Morgan fingerprint density at radius 3 is 3.00 bits per heavy atom. The quantitative estimate of drug-likeness (QED) is 0.868. The van der Waals surface area contributed by atoms with E-state index in [0.29, 0.717) is 13.0 Å². The molecule has 0 saturated heterocycles. The van der Waals surface area contributed by atoms with E-state index in [1.165, 1.54) is 6.07 Å². The van der Waals surface area contributed by atoms with Crippen molar-refractivity contribution in [3.63, 3.8) is 0 Å². The van der Waals surface area contributed by atoms with Gasteiger partial charge >= 0.3 is 0 Å². The van der Waals surface area contributed by atoms with Crippen LogP contribution >= 0.6 is 15.9 Å². The lowest BCUT2D eigenvalue weighted by atomic mass is 10.3. The second-order valence-electron chi connectivity index (χ2n) is 3.63. The maximum atomic E-state index is 13.3. The van der Waals surface area contributed by atoms with Crippen molar-refractivity contribution in [2.75, 3.05) is 6.61 Å². The number of halogens is 2. The average molecular weight is 299 g/mol. The van der Waals surface area contributed by atoms with Gasteiger partial charge in [0.05, 0.1) is 6.61 Å². The summed E-state index contributed by atoms with van der Waals surface area (Å²) >= 11 is 3.28. The maximum absolute atomic E-state index is 13.3. The predicted octanol–water partition coefficient (Wildman–Crippen LogP) is 2.94. The molecule has 90 valence electrons. The van der Waals surface area contributed by atoms with Gasteiger partial charge in [-0.2, -0.15) is 0 Å². The molecule has 0 unspecified atom stereocenters. The van der Waals surface area contributed by atoms with Gasteiger partial charge < -0.3 is 9.30 Å². The van der Waals surface area contributed by atoms with Crippen LogP contribution in [0.5, 0.6) is 5.75 Å². The Labute approximate surface area is 107 Å². The molecule has 0 aliphatic rings. The normalized spacial score (nSPS) is 10.5. The summed E-state index contributed by atoms with van der Waals surface area (Å²) in [7, 11) is 1.92. The summed E-state index contributed by atoms with van der Waals surface area (Å²) in [6.07, 6.45) is 4.25. The molecule has 0 bridgehead atoms. The minimum atomic E-state index is -0.354. The van der Waals surface area contributed by atoms with Crippen LogP contribution in [0, 0.1) is 5.82 Å². The first-order valence-electron chi connectivity index (χ1n) is 5.21. The summed E-state index contributed by atoms with van der Waals surface area (Å²) in [6.45, 7) is 0.401. The highest BCUT2D eigenvalue weighted by Crippen LogP contribution is 2.22. The van der Waals surface area contributed by atoms with Crippen molar-refractivity contribution in [3.8, 4) is 5.75 Å². The SMILES string of the molecule is Cn1ccnc1CCOc1cc(Br)ccc1F. The van der Waals surface area contributed by atoms with Crippen LogP contribution in [0.3, 0.4) is 0 Å². The molecule has 17 heavy (non-hydrogen) atoms. The van der Waals surface area contributed by atoms with Gasteiger partial charge in [0.15, 0.2) is 11.6 Å². The molecule has 0 radical (unpaired) electrons. The van der Waals surface area contributed by atoms with Gasteiger partial charge in [0, 0.05) is 30.3 Å². The number of aryl methyl sites for hydroxylation is 1. The third kappa shape index (κ3) is 3.06. The topological polar surface area (TPSA) is 27.1 Å². The van der Waals surface area contributed by atoms with Gasteiger partial charge in [0.1, 0.15) is 5.82 Å². The smallest absolute Gasteiger partial charge is 0.165 e. The Morgan fingerprint density at radius 1 is 1.47 bits per heavy atom. The summed E-state index contributed by atoms with van der Waals surface area (Å²) in [6, 6.07) is 4.63. The maximum Gasteiger partial charge on any atom is 0.165 e. The van der Waals surface area contributed by atoms with Crippen molar-refractivity contribution in [2.24, 2.45) is 7.05 Å². The monoisotopic (exact) mass is 298 g/mol. The number of benzene rings is 1. The van der Waals surface area contributed by atoms with Crippen LogP contribution in [0.15, 0.2) is 35.1 Å². The fourth-order valence-electron chi connectivity index (χ4n) is 1.48. The van der Waals surface area contributed by atoms with Crippen LogP contribution in [-0.2, 0) is 13.5 Å². The summed E-state index contributed by atoms with van der Waals surface area (Å²) in [4.78, 5) is 4.17. The Hall–Kier alpha value is -1.36. The lowest BCUT2D eigenvalue weighted by Crippen LogP contribution is -2.06. The number of rotatable bonds is 4. The summed E-state index contributed by atoms with van der Waals surface area (Å²) in [5.41, 5.74) is 0. The lowest BCUT2D eigenvalue weighted by Gasteiger charge is -2.07. The van der Waals surface area contributed by atoms with Gasteiger partial charge in [-0.3, -0.25) is 0 Å². The predicted molar refractivity (Wildman–Crippen MR) is 66.5 cm³/mol. The number of nitrogens with zero attached hydrogens (tertiary/aromatic N) is 2. The van der Waals surface area contributed by atoms with Crippen LogP contribution in [0.25, 0.3) is 0 Å². The highest BCUT2D eigenvalue weighted by Gasteiger charge is 2.05. The first kappa shape index (κ1) is 12.1. The van der Waals surface area contributed by atoms with E-state index >= 15 is 0 Å². The molecule has 0 amide bonds. The molecular weight excluding hydrogens is 287 g/mol. The molecular formula is C12H12BrFN2O. The Bertz CT molecular complexity index is 513. The summed E-state index contributed by atoms with van der Waals surface area (Å²) in [5, 5.41) is 0. The van der Waals surface area contributed by atoms with Crippen LogP contribution in [-0.4, -0.2) is 16.2 Å².